The second kappa shape index (κ2) is 7.03. The number of benzene rings is 1. The zero-order valence-corrected chi connectivity index (χ0v) is 10.9. The summed E-state index contributed by atoms with van der Waals surface area (Å²) in [4.78, 5) is 11.2. The largest absolute Gasteiger partial charge is 0.488 e. The van der Waals surface area contributed by atoms with E-state index in [1.54, 1.807) is 18.2 Å². The molecule has 1 rings (SSSR count). The highest BCUT2D eigenvalue weighted by atomic mass is 35.5. The van der Waals surface area contributed by atoms with Crippen LogP contribution < -0.4 is 10.5 Å². The maximum atomic E-state index is 11.2. The van der Waals surface area contributed by atoms with Crippen molar-refractivity contribution in [2.75, 3.05) is 13.7 Å². The fraction of sp³-hybridized carbons (Fsp3) is 0.308. The third-order valence-electron chi connectivity index (χ3n) is 2.31. The van der Waals surface area contributed by atoms with Gasteiger partial charge in [0.2, 0.25) is 0 Å². The topological polar surface area (TPSA) is 61.5 Å². The zero-order valence-electron chi connectivity index (χ0n) is 10.2. The molecule has 0 aliphatic rings. The van der Waals surface area contributed by atoms with Gasteiger partial charge in [-0.25, -0.2) is 0 Å². The SMILES string of the molecule is C=CCOc1ccc(CC(N)C(=O)OC)cc1Cl. The number of halogens is 1. The van der Waals surface area contributed by atoms with Crippen molar-refractivity contribution in [2.24, 2.45) is 5.73 Å². The first-order chi connectivity index (χ1) is 8.58. The van der Waals surface area contributed by atoms with Crippen LogP contribution in [0.15, 0.2) is 30.9 Å². The predicted octanol–water partition coefficient (Wildman–Crippen LogP) is 1.95. The van der Waals surface area contributed by atoms with Crippen molar-refractivity contribution >= 4 is 17.6 Å². The molecule has 1 atom stereocenters. The van der Waals surface area contributed by atoms with Crippen molar-refractivity contribution < 1.29 is 14.3 Å². The van der Waals surface area contributed by atoms with Gasteiger partial charge in [0.25, 0.3) is 0 Å². The number of rotatable bonds is 6. The monoisotopic (exact) mass is 269 g/mol. The van der Waals surface area contributed by atoms with Crippen LogP contribution in [0.25, 0.3) is 0 Å². The molecule has 0 fully saturated rings. The predicted molar refractivity (Wildman–Crippen MR) is 70.8 cm³/mol. The molecule has 18 heavy (non-hydrogen) atoms. The summed E-state index contributed by atoms with van der Waals surface area (Å²) >= 11 is 6.05. The van der Waals surface area contributed by atoms with E-state index in [1.807, 2.05) is 6.07 Å². The summed E-state index contributed by atoms with van der Waals surface area (Å²) in [7, 11) is 1.31. The highest BCUT2D eigenvalue weighted by Gasteiger charge is 2.15. The molecule has 2 N–H and O–H groups in total. The quantitative estimate of drug-likeness (QED) is 0.633. The number of carbonyl (C=O) groups is 1. The Hall–Kier alpha value is -1.52. The van der Waals surface area contributed by atoms with Crippen molar-refractivity contribution in [1.82, 2.24) is 0 Å². The summed E-state index contributed by atoms with van der Waals surface area (Å²) in [6.07, 6.45) is 2.01. The highest BCUT2D eigenvalue weighted by Crippen LogP contribution is 2.25. The third kappa shape index (κ3) is 4.05. The van der Waals surface area contributed by atoms with Gasteiger partial charge in [-0.1, -0.05) is 30.3 Å². The van der Waals surface area contributed by atoms with Crippen LogP contribution in [0.1, 0.15) is 5.56 Å². The summed E-state index contributed by atoms with van der Waals surface area (Å²) in [6.45, 7) is 3.94. The van der Waals surface area contributed by atoms with Gasteiger partial charge in [-0.05, 0) is 24.1 Å². The number of hydrogen-bond acceptors (Lipinski definition) is 4. The summed E-state index contributed by atoms with van der Waals surface area (Å²) in [5.41, 5.74) is 6.52. The van der Waals surface area contributed by atoms with E-state index < -0.39 is 12.0 Å². The number of hydrogen-bond donors (Lipinski definition) is 1. The molecular formula is C13H16ClNO3. The molecule has 98 valence electrons. The zero-order chi connectivity index (χ0) is 13.5. The van der Waals surface area contributed by atoms with E-state index in [0.29, 0.717) is 23.8 Å². The minimum Gasteiger partial charge on any atom is -0.488 e. The van der Waals surface area contributed by atoms with E-state index in [1.165, 1.54) is 7.11 Å². The van der Waals surface area contributed by atoms with Crippen molar-refractivity contribution in [1.29, 1.82) is 0 Å². The lowest BCUT2D eigenvalue weighted by Gasteiger charge is -2.11. The van der Waals surface area contributed by atoms with Gasteiger partial charge < -0.3 is 15.2 Å². The molecule has 1 unspecified atom stereocenters. The Morgan fingerprint density at radius 1 is 1.61 bits per heavy atom. The standard InChI is InChI=1S/C13H16ClNO3/c1-3-6-18-12-5-4-9(7-10(12)14)8-11(15)13(16)17-2/h3-5,7,11H,1,6,8,15H2,2H3. The van der Waals surface area contributed by atoms with E-state index in [4.69, 9.17) is 22.1 Å². The van der Waals surface area contributed by atoms with Crippen LogP contribution in [0.4, 0.5) is 0 Å². The minimum atomic E-state index is -0.689. The lowest BCUT2D eigenvalue weighted by atomic mass is 10.1. The van der Waals surface area contributed by atoms with Gasteiger partial charge in [0.1, 0.15) is 18.4 Å². The van der Waals surface area contributed by atoms with Gasteiger partial charge in [-0.15, -0.1) is 0 Å². The molecule has 0 bridgehead atoms. The van der Waals surface area contributed by atoms with E-state index in [9.17, 15) is 4.79 Å². The first-order valence-electron chi connectivity index (χ1n) is 5.44. The number of nitrogens with two attached hydrogens (primary N) is 1. The van der Waals surface area contributed by atoms with Crippen molar-refractivity contribution in [3.63, 3.8) is 0 Å². The molecule has 1 aromatic rings. The second-order valence-corrected chi connectivity index (χ2v) is 4.11. The number of esters is 1. The molecule has 0 spiro atoms. The lowest BCUT2D eigenvalue weighted by Crippen LogP contribution is -2.33. The average molecular weight is 270 g/mol. The van der Waals surface area contributed by atoms with E-state index in [0.717, 1.165) is 5.56 Å². The summed E-state index contributed by atoms with van der Waals surface area (Å²) in [5.74, 6) is 0.130. The van der Waals surface area contributed by atoms with Crippen molar-refractivity contribution in [2.45, 2.75) is 12.5 Å². The van der Waals surface area contributed by atoms with Crippen LogP contribution in [0.3, 0.4) is 0 Å². The van der Waals surface area contributed by atoms with Gasteiger partial charge in [0.05, 0.1) is 12.1 Å². The fourth-order valence-electron chi connectivity index (χ4n) is 1.43. The van der Waals surface area contributed by atoms with Crippen LogP contribution in [0.2, 0.25) is 5.02 Å². The van der Waals surface area contributed by atoms with Gasteiger partial charge in [-0.2, -0.15) is 0 Å². The van der Waals surface area contributed by atoms with E-state index >= 15 is 0 Å². The maximum Gasteiger partial charge on any atom is 0.322 e. The Labute approximate surface area is 111 Å². The maximum absolute atomic E-state index is 11.2. The molecule has 0 aliphatic heterocycles. The molecule has 4 nitrogen and oxygen atoms in total. The minimum absolute atomic E-state index is 0.369. The third-order valence-corrected chi connectivity index (χ3v) is 2.61. The summed E-state index contributed by atoms with van der Waals surface area (Å²) in [5, 5.41) is 0.478. The molecule has 5 heteroatoms. The summed E-state index contributed by atoms with van der Waals surface area (Å²) < 4.78 is 9.90. The molecule has 1 aromatic carbocycles. The first-order valence-corrected chi connectivity index (χ1v) is 5.81. The Morgan fingerprint density at radius 3 is 2.89 bits per heavy atom. The Kier molecular flexibility index (Phi) is 5.68. The first kappa shape index (κ1) is 14.5. The van der Waals surface area contributed by atoms with Gasteiger partial charge >= 0.3 is 5.97 Å². The van der Waals surface area contributed by atoms with Crippen LogP contribution in [-0.2, 0) is 16.0 Å². The van der Waals surface area contributed by atoms with Crippen LogP contribution in [0, 0.1) is 0 Å². The van der Waals surface area contributed by atoms with Crippen LogP contribution in [0.5, 0.6) is 5.75 Å². The molecule has 0 aliphatic carbocycles. The van der Waals surface area contributed by atoms with E-state index in [-0.39, 0.29) is 0 Å². The van der Waals surface area contributed by atoms with Gasteiger partial charge in [-0.3, -0.25) is 4.79 Å². The summed E-state index contributed by atoms with van der Waals surface area (Å²) in [6, 6.07) is 4.59. The van der Waals surface area contributed by atoms with Crippen LogP contribution in [-0.4, -0.2) is 25.7 Å². The Bertz CT molecular complexity index is 434. The van der Waals surface area contributed by atoms with Crippen LogP contribution >= 0.6 is 11.6 Å². The van der Waals surface area contributed by atoms with Crippen molar-refractivity contribution in [3.05, 3.63) is 41.4 Å². The molecular weight excluding hydrogens is 254 g/mol. The van der Waals surface area contributed by atoms with Gasteiger partial charge in [0.15, 0.2) is 0 Å². The average Bonchev–Trinajstić information content (AvgIpc) is 2.36. The Balaban J connectivity index is 2.72. The molecule has 0 aromatic heterocycles. The normalized spacial score (nSPS) is 11.7. The molecule has 0 saturated carbocycles. The lowest BCUT2D eigenvalue weighted by molar-refractivity contribution is -0.142. The Morgan fingerprint density at radius 2 is 2.33 bits per heavy atom. The molecule has 0 saturated heterocycles. The number of ether oxygens (including phenoxy) is 2. The highest BCUT2D eigenvalue weighted by molar-refractivity contribution is 6.32. The molecule has 0 amide bonds. The second-order valence-electron chi connectivity index (χ2n) is 3.70. The number of carbonyl (C=O) groups excluding carboxylic acids is 1. The molecule has 0 radical (unpaired) electrons. The van der Waals surface area contributed by atoms with Gasteiger partial charge in [0, 0.05) is 0 Å². The smallest absolute Gasteiger partial charge is 0.322 e. The fourth-order valence-corrected chi connectivity index (χ4v) is 1.68. The van der Waals surface area contributed by atoms with Crippen molar-refractivity contribution in [3.8, 4) is 5.75 Å². The molecule has 0 heterocycles. The number of methoxy groups -OCH3 is 1. The van der Waals surface area contributed by atoms with E-state index in [2.05, 4.69) is 11.3 Å².